The number of aliphatic carboxylic acids is 1. The van der Waals surface area contributed by atoms with Crippen LogP contribution in [0, 0.1) is 5.92 Å². The van der Waals surface area contributed by atoms with E-state index in [1.54, 1.807) is 12.3 Å². The molecule has 0 bridgehead atoms. The van der Waals surface area contributed by atoms with Crippen LogP contribution >= 0.6 is 23.2 Å². The third kappa shape index (κ3) is 6.59. The van der Waals surface area contributed by atoms with Crippen LogP contribution in [-0.4, -0.2) is 47.1 Å². The van der Waals surface area contributed by atoms with Gasteiger partial charge in [0.1, 0.15) is 34.9 Å². The van der Waals surface area contributed by atoms with E-state index in [9.17, 15) is 9.90 Å². The first-order chi connectivity index (χ1) is 20.8. The van der Waals surface area contributed by atoms with E-state index in [4.69, 9.17) is 32.7 Å². The predicted molar refractivity (Wildman–Crippen MR) is 170 cm³/mol. The Morgan fingerprint density at radius 2 is 1.88 bits per heavy atom. The molecule has 0 saturated heterocycles. The molecule has 1 aliphatic carbocycles. The second-order valence-electron chi connectivity index (χ2n) is 12.2. The second-order valence-corrected chi connectivity index (χ2v) is 12.9. The lowest BCUT2D eigenvalue weighted by Crippen LogP contribution is -2.47. The SMILES string of the molecule is CC[C@@H](Oc1ccc([C@H]2CCN(C)c3cc4c(cc3O2)CN(CC2CCCC2)[C@H](C(=O)O)C4)cc1)c1cnc(Cl)c(Cl)c1. The summed E-state index contributed by atoms with van der Waals surface area (Å²) in [6.45, 7) is 4.38. The molecule has 0 amide bonds. The van der Waals surface area contributed by atoms with Crippen molar-refractivity contribution in [3.8, 4) is 11.5 Å². The number of anilines is 1. The molecular weight excluding hydrogens is 585 g/mol. The highest BCUT2D eigenvalue weighted by Gasteiger charge is 2.35. The van der Waals surface area contributed by atoms with Gasteiger partial charge in [-0.15, -0.1) is 0 Å². The van der Waals surface area contributed by atoms with Crippen molar-refractivity contribution in [2.75, 3.05) is 25.0 Å². The standard InChI is InChI=1S/C34H39Cl2N3O4/c1-3-30(24-14-27(35)33(36)37-18-24)42-26-10-8-22(9-11-26)31-12-13-38(2)28-15-23-16-29(34(40)41)39(19-21-6-4-5-7-21)20-25(23)17-32(28)43-31/h8-11,14-15,17-18,21,29-31H,3-7,12-13,16,19-20H2,1-2H3,(H,40,41)/t29-,30+,31+/m0/s1. The van der Waals surface area contributed by atoms with Crippen LogP contribution in [-0.2, 0) is 17.8 Å². The molecule has 1 fully saturated rings. The van der Waals surface area contributed by atoms with E-state index in [0.29, 0.717) is 23.9 Å². The van der Waals surface area contributed by atoms with E-state index < -0.39 is 12.0 Å². The van der Waals surface area contributed by atoms with Crippen LogP contribution in [0.1, 0.15) is 79.9 Å². The number of aromatic nitrogens is 1. The average Bonchev–Trinajstić information content (AvgIpc) is 3.46. The predicted octanol–water partition coefficient (Wildman–Crippen LogP) is 7.88. The second kappa shape index (κ2) is 12.9. The molecule has 3 aromatic rings. The molecule has 9 heteroatoms. The molecule has 228 valence electrons. The number of halogens is 2. The highest BCUT2D eigenvalue weighted by molar-refractivity contribution is 6.41. The quantitative estimate of drug-likeness (QED) is 0.256. The minimum atomic E-state index is -0.727. The smallest absolute Gasteiger partial charge is 0.321 e. The zero-order valence-corrected chi connectivity index (χ0v) is 26.3. The minimum absolute atomic E-state index is 0.109. The average molecular weight is 625 g/mol. The molecule has 6 rings (SSSR count). The van der Waals surface area contributed by atoms with Crippen LogP contribution in [0.15, 0.2) is 48.7 Å². The normalized spacial score (nSPS) is 21.4. The lowest BCUT2D eigenvalue weighted by Gasteiger charge is -2.36. The first-order valence-corrected chi connectivity index (χ1v) is 16.1. The third-order valence-electron chi connectivity index (χ3n) is 9.26. The summed E-state index contributed by atoms with van der Waals surface area (Å²) in [5, 5.41) is 10.8. The summed E-state index contributed by atoms with van der Waals surface area (Å²) < 4.78 is 13.0. The molecule has 2 aromatic carbocycles. The van der Waals surface area contributed by atoms with E-state index >= 15 is 0 Å². The summed E-state index contributed by atoms with van der Waals surface area (Å²) in [7, 11) is 2.08. The number of hydrogen-bond donors (Lipinski definition) is 1. The van der Waals surface area contributed by atoms with Gasteiger partial charge in [-0.1, -0.05) is 55.1 Å². The molecule has 1 saturated carbocycles. The summed E-state index contributed by atoms with van der Waals surface area (Å²) in [4.78, 5) is 20.8. The first kappa shape index (κ1) is 30.0. The Morgan fingerprint density at radius 3 is 2.58 bits per heavy atom. The van der Waals surface area contributed by atoms with Crippen molar-refractivity contribution in [2.45, 2.75) is 76.7 Å². The van der Waals surface area contributed by atoms with Gasteiger partial charge in [0.05, 0.1) is 10.7 Å². The Hall–Kier alpha value is -3.00. The lowest BCUT2D eigenvalue weighted by atomic mass is 9.91. The molecule has 0 unspecified atom stereocenters. The summed E-state index contributed by atoms with van der Waals surface area (Å²) in [5.74, 6) is 1.49. The van der Waals surface area contributed by atoms with E-state index in [0.717, 1.165) is 59.8 Å². The van der Waals surface area contributed by atoms with Crippen molar-refractivity contribution in [1.82, 2.24) is 9.88 Å². The molecule has 7 nitrogen and oxygen atoms in total. The lowest BCUT2D eigenvalue weighted by molar-refractivity contribution is -0.144. The van der Waals surface area contributed by atoms with E-state index in [2.05, 4.69) is 53.0 Å². The molecule has 3 atom stereocenters. The highest BCUT2D eigenvalue weighted by atomic mass is 35.5. The largest absolute Gasteiger partial charge is 0.486 e. The zero-order valence-electron chi connectivity index (χ0n) is 24.8. The Bertz CT molecular complexity index is 1460. The fourth-order valence-electron chi connectivity index (χ4n) is 6.81. The fourth-order valence-corrected chi connectivity index (χ4v) is 7.09. The number of nitrogens with zero attached hydrogens (tertiary/aromatic N) is 3. The van der Waals surface area contributed by atoms with E-state index in [1.807, 2.05) is 12.1 Å². The maximum absolute atomic E-state index is 12.3. The van der Waals surface area contributed by atoms with Crippen LogP contribution in [0.4, 0.5) is 5.69 Å². The van der Waals surface area contributed by atoms with Gasteiger partial charge in [-0.25, -0.2) is 4.98 Å². The molecule has 1 aromatic heterocycles. The van der Waals surface area contributed by atoms with Crippen molar-refractivity contribution in [3.63, 3.8) is 0 Å². The van der Waals surface area contributed by atoms with Crippen LogP contribution in [0.2, 0.25) is 10.2 Å². The Balaban J connectivity index is 1.19. The summed E-state index contributed by atoms with van der Waals surface area (Å²) >= 11 is 12.2. The van der Waals surface area contributed by atoms with Gasteiger partial charge in [0.15, 0.2) is 0 Å². The summed E-state index contributed by atoms with van der Waals surface area (Å²) in [6.07, 6.45) is 8.42. The van der Waals surface area contributed by atoms with Crippen molar-refractivity contribution in [2.24, 2.45) is 5.92 Å². The number of benzene rings is 2. The van der Waals surface area contributed by atoms with Gasteiger partial charge in [0.2, 0.25) is 0 Å². The van der Waals surface area contributed by atoms with Gasteiger partial charge >= 0.3 is 5.97 Å². The topological polar surface area (TPSA) is 75.1 Å². The highest BCUT2D eigenvalue weighted by Crippen LogP contribution is 2.41. The summed E-state index contributed by atoms with van der Waals surface area (Å²) in [6, 6.07) is 13.8. The van der Waals surface area contributed by atoms with E-state index in [-0.39, 0.29) is 17.4 Å². The van der Waals surface area contributed by atoms with Gasteiger partial charge in [0.25, 0.3) is 0 Å². The number of ether oxygens (including phenoxy) is 2. The van der Waals surface area contributed by atoms with Gasteiger partial charge in [-0.3, -0.25) is 9.69 Å². The number of fused-ring (bicyclic) bond motifs is 2. The zero-order chi connectivity index (χ0) is 30.1. The van der Waals surface area contributed by atoms with Crippen LogP contribution in [0.5, 0.6) is 11.5 Å². The third-order valence-corrected chi connectivity index (χ3v) is 9.94. The number of carbonyl (C=O) groups is 1. The molecule has 43 heavy (non-hydrogen) atoms. The Labute approximate surface area is 263 Å². The molecule has 3 heterocycles. The summed E-state index contributed by atoms with van der Waals surface area (Å²) in [5.41, 5.74) is 5.29. The van der Waals surface area contributed by atoms with Gasteiger partial charge in [-0.2, -0.15) is 0 Å². The number of rotatable bonds is 8. The fraction of sp³-hybridized carbons (Fsp3) is 0.471. The molecule has 3 aliphatic rings. The molecular formula is C34H39Cl2N3O4. The van der Waals surface area contributed by atoms with Gasteiger partial charge in [-0.05, 0) is 78.6 Å². The van der Waals surface area contributed by atoms with Gasteiger partial charge in [0, 0.05) is 44.9 Å². The van der Waals surface area contributed by atoms with Crippen molar-refractivity contribution in [3.05, 3.63) is 81.1 Å². The van der Waals surface area contributed by atoms with Crippen LogP contribution in [0.25, 0.3) is 0 Å². The Morgan fingerprint density at radius 1 is 1.12 bits per heavy atom. The number of hydrogen-bond acceptors (Lipinski definition) is 6. The molecule has 2 aliphatic heterocycles. The van der Waals surface area contributed by atoms with Crippen LogP contribution in [0.3, 0.4) is 0 Å². The van der Waals surface area contributed by atoms with Crippen molar-refractivity contribution >= 4 is 34.9 Å². The Kier molecular flexibility index (Phi) is 9.03. The monoisotopic (exact) mass is 623 g/mol. The van der Waals surface area contributed by atoms with Gasteiger partial charge < -0.3 is 19.5 Å². The number of carboxylic acids is 1. The first-order valence-electron chi connectivity index (χ1n) is 15.4. The minimum Gasteiger partial charge on any atom is -0.486 e. The molecule has 0 radical (unpaired) electrons. The number of carboxylic acid groups (broad SMARTS) is 1. The maximum atomic E-state index is 12.3. The van der Waals surface area contributed by atoms with Crippen molar-refractivity contribution in [1.29, 1.82) is 0 Å². The molecule has 1 N–H and O–H groups in total. The van der Waals surface area contributed by atoms with Crippen molar-refractivity contribution < 1.29 is 19.4 Å². The number of pyridine rings is 1. The molecule has 0 spiro atoms. The maximum Gasteiger partial charge on any atom is 0.321 e. The van der Waals surface area contributed by atoms with E-state index in [1.165, 1.54) is 31.2 Å². The van der Waals surface area contributed by atoms with Crippen LogP contribution < -0.4 is 14.4 Å².